The summed E-state index contributed by atoms with van der Waals surface area (Å²) in [5, 5.41) is 4.12. The molecule has 2 rings (SSSR count). The summed E-state index contributed by atoms with van der Waals surface area (Å²) in [4.78, 5) is 16.6. The van der Waals surface area contributed by atoms with E-state index in [4.69, 9.17) is 28.9 Å². The van der Waals surface area contributed by atoms with Crippen molar-refractivity contribution in [3.63, 3.8) is 0 Å². The number of rotatable bonds is 5. The molecule has 0 atom stereocenters. The Morgan fingerprint density at radius 3 is 2.58 bits per heavy atom. The van der Waals surface area contributed by atoms with Gasteiger partial charge in [-0.2, -0.15) is 8.78 Å². The summed E-state index contributed by atoms with van der Waals surface area (Å²) in [5.74, 6) is -1.23. The lowest BCUT2D eigenvalue weighted by molar-refractivity contribution is -0.0499. The summed E-state index contributed by atoms with van der Waals surface area (Å²) in [5.41, 5.74) is 5.98. The standard InChI is InChI=1S/C15H10Cl2F2N2O3/c16-9-4-5-11(12(17)7-9)13(20)21-24-14(22)8-2-1-3-10(6-8)23-15(18)19/h1-7,15H,(H2,20,21). The van der Waals surface area contributed by atoms with Gasteiger partial charge < -0.3 is 15.3 Å². The van der Waals surface area contributed by atoms with E-state index in [1.165, 1.54) is 36.4 Å². The molecule has 5 nitrogen and oxygen atoms in total. The molecule has 0 bridgehead atoms. The molecule has 0 amide bonds. The normalized spacial score (nSPS) is 11.5. The Balaban J connectivity index is 2.11. The third kappa shape index (κ3) is 4.81. The zero-order valence-corrected chi connectivity index (χ0v) is 13.4. The second-order valence-electron chi connectivity index (χ2n) is 4.39. The highest BCUT2D eigenvalue weighted by molar-refractivity contribution is 6.36. The molecule has 0 aliphatic carbocycles. The Labute approximate surface area is 145 Å². The number of carbonyl (C=O) groups excluding carboxylic acids is 1. The largest absolute Gasteiger partial charge is 0.435 e. The molecule has 2 aromatic rings. The molecule has 9 heteroatoms. The summed E-state index contributed by atoms with van der Waals surface area (Å²) in [6, 6.07) is 9.57. The van der Waals surface area contributed by atoms with Crippen molar-refractivity contribution in [2.75, 3.05) is 0 Å². The van der Waals surface area contributed by atoms with Crippen LogP contribution < -0.4 is 10.5 Å². The number of ether oxygens (including phenoxy) is 1. The monoisotopic (exact) mass is 374 g/mol. The SMILES string of the molecule is N/C(=N\OC(=O)c1cccc(OC(F)F)c1)c1ccc(Cl)cc1Cl. The molecular weight excluding hydrogens is 365 g/mol. The fourth-order valence-corrected chi connectivity index (χ4v) is 2.19. The fraction of sp³-hybridized carbons (Fsp3) is 0.0667. The number of halogens is 4. The van der Waals surface area contributed by atoms with Crippen LogP contribution in [0.5, 0.6) is 5.75 Å². The molecule has 0 saturated carbocycles. The molecule has 0 radical (unpaired) electrons. The average molecular weight is 375 g/mol. The first kappa shape index (κ1) is 18.0. The maximum Gasteiger partial charge on any atom is 0.387 e. The predicted molar refractivity (Wildman–Crippen MR) is 85.7 cm³/mol. The van der Waals surface area contributed by atoms with Crippen molar-refractivity contribution in [2.45, 2.75) is 6.61 Å². The van der Waals surface area contributed by atoms with Crippen molar-refractivity contribution in [1.29, 1.82) is 0 Å². The number of benzene rings is 2. The fourth-order valence-electron chi connectivity index (χ4n) is 1.69. The van der Waals surface area contributed by atoms with Gasteiger partial charge in [0.15, 0.2) is 5.84 Å². The van der Waals surface area contributed by atoms with Crippen LogP contribution >= 0.6 is 23.2 Å². The van der Waals surface area contributed by atoms with Gasteiger partial charge in [-0.25, -0.2) is 4.79 Å². The first-order valence-electron chi connectivity index (χ1n) is 6.42. The molecule has 0 fully saturated rings. The third-order valence-corrected chi connectivity index (χ3v) is 3.28. The molecule has 0 aliphatic heterocycles. The van der Waals surface area contributed by atoms with Crippen LogP contribution in [0.2, 0.25) is 10.0 Å². The second kappa shape index (κ2) is 7.94. The summed E-state index contributed by atoms with van der Waals surface area (Å²) < 4.78 is 28.5. The molecule has 0 unspecified atom stereocenters. The van der Waals surface area contributed by atoms with E-state index in [0.29, 0.717) is 10.6 Å². The van der Waals surface area contributed by atoms with Crippen LogP contribution in [0.4, 0.5) is 8.78 Å². The highest BCUT2D eigenvalue weighted by atomic mass is 35.5. The molecule has 24 heavy (non-hydrogen) atoms. The number of hydrogen-bond acceptors (Lipinski definition) is 4. The van der Waals surface area contributed by atoms with Gasteiger partial charge in [0.1, 0.15) is 5.75 Å². The first-order valence-corrected chi connectivity index (χ1v) is 7.17. The van der Waals surface area contributed by atoms with Gasteiger partial charge in [0.25, 0.3) is 0 Å². The van der Waals surface area contributed by atoms with Crippen LogP contribution in [0.25, 0.3) is 0 Å². The summed E-state index contributed by atoms with van der Waals surface area (Å²) in [6.07, 6.45) is 0. The third-order valence-electron chi connectivity index (χ3n) is 2.73. The smallest absolute Gasteiger partial charge is 0.387 e. The van der Waals surface area contributed by atoms with Crippen molar-refractivity contribution in [2.24, 2.45) is 10.9 Å². The second-order valence-corrected chi connectivity index (χ2v) is 5.23. The Morgan fingerprint density at radius 1 is 1.17 bits per heavy atom. The predicted octanol–water partition coefficient (Wildman–Crippen LogP) is 4.07. The molecule has 0 aromatic heterocycles. The van der Waals surface area contributed by atoms with Gasteiger partial charge in [0.2, 0.25) is 0 Å². The topological polar surface area (TPSA) is 73.9 Å². The number of nitrogens with zero attached hydrogens (tertiary/aromatic N) is 1. The number of alkyl halides is 2. The minimum Gasteiger partial charge on any atom is -0.435 e. The van der Waals surface area contributed by atoms with Crippen LogP contribution in [0.15, 0.2) is 47.6 Å². The Hall–Kier alpha value is -2.38. The summed E-state index contributed by atoms with van der Waals surface area (Å²) in [6.45, 7) is -3.00. The molecule has 0 heterocycles. The van der Waals surface area contributed by atoms with Crippen molar-refractivity contribution >= 4 is 35.0 Å². The molecule has 0 saturated heterocycles. The highest BCUT2D eigenvalue weighted by Gasteiger charge is 2.12. The van der Waals surface area contributed by atoms with Crippen molar-refractivity contribution in [1.82, 2.24) is 0 Å². The molecule has 126 valence electrons. The number of hydrogen-bond donors (Lipinski definition) is 1. The lowest BCUT2D eigenvalue weighted by atomic mass is 10.2. The average Bonchev–Trinajstić information content (AvgIpc) is 2.52. The van der Waals surface area contributed by atoms with Gasteiger partial charge in [0.05, 0.1) is 10.6 Å². The van der Waals surface area contributed by atoms with E-state index in [9.17, 15) is 13.6 Å². The van der Waals surface area contributed by atoms with E-state index in [1.54, 1.807) is 0 Å². The Bertz CT molecular complexity index is 785. The number of nitrogens with two attached hydrogens (primary N) is 1. The van der Waals surface area contributed by atoms with Crippen LogP contribution in [-0.2, 0) is 4.84 Å². The van der Waals surface area contributed by atoms with Crippen molar-refractivity contribution in [3.05, 3.63) is 63.6 Å². The lowest BCUT2D eigenvalue weighted by Gasteiger charge is -2.06. The molecule has 0 spiro atoms. The van der Waals surface area contributed by atoms with Crippen molar-refractivity contribution < 1.29 is 23.1 Å². The molecule has 2 aromatic carbocycles. The minimum absolute atomic E-state index is 0.0353. The van der Waals surface area contributed by atoms with Gasteiger partial charge in [-0.05, 0) is 36.4 Å². The Kier molecular flexibility index (Phi) is 5.94. The number of amidine groups is 1. The van der Waals surface area contributed by atoms with Gasteiger partial charge in [-0.1, -0.05) is 34.4 Å². The lowest BCUT2D eigenvalue weighted by Crippen LogP contribution is -2.16. The van der Waals surface area contributed by atoms with Crippen LogP contribution in [0.1, 0.15) is 15.9 Å². The van der Waals surface area contributed by atoms with Crippen molar-refractivity contribution in [3.8, 4) is 5.75 Å². The van der Waals surface area contributed by atoms with E-state index in [0.717, 1.165) is 6.07 Å². The van der Waals surface area contributed by atoms with Gasteiger partial charge in [0, 0.05) is 10.6 Å². The molecular formula is C15H10Cl2F2N2O3. The van der Waals surface area contributed by atoms with Crippen LogP contribution in [0.3, 0.4) is 0 Å². The number of carbonyl (C=O) groups is 1. The van der Waals surface area contributed by atoms with E-state index < -0.39 is 12.6 Å². The first-order chi connectivity index (χ1) is 11.4. The zero-order chi connectivity index (χ0) is 17.7. The van der Waals surface area contributed by atoms with Gasteiger partial charge >= 0.3 is 12.6 Å². The van der Waals surface area contributed by atoms with E-state index in [-0.39, 0.29) is 22.2 Å². The minimum atomic E-state index is -3.00. The Morgan fingerprint density at radius 2 is 1.92 bits per heavy atom. The summed E-state index contributed by atoms with van der Waals surface area (Å²) >= 11 is 11.7. The highest BCUT2D eigenvalue weighted by Crippen LogP contribution is 2.21. The maximum atomic E-state index is 12.2. The van der Waals surface area contributed by atoms with E-state index in [2.05, 4.69) is 14.7 Å². The summed E-state index contributed by atoms with van der Waals surface area (Å²) in [7, 11) is 0. The maximum absolute atomic E-state index is 12.2. The zero-order valence-electron chi connectivity index (χ0n) is 11.9. The number of oxime groups is 1. The van der Waals surface area contributed by atoms with Crippen LogP contribution in [-0.4, -0.2) is 18.4 Å². The molecule has 2 N–H and O–H groups in total. The van der Waals surface area contributed by atoms with Gasteiger partial charge in [-0.15, -0.1) is 0 Å². The van der Waals surface area contributed by atoms with Gasteiger partial charge in [-0.3, -0.25) is 0 Å². The van der Waals surface area contributed by atoms with Crippen LogP contribution in [0, 0.1) is 0 Å². The quantitative estimate of drug-likeness (QED) is 0.370. The molecule has 0 aliphatic rings. The van der Waals surface area contributed by atoms with E-state index >= 15 is 0 Å². The van der Waals surface area contributed by atoms with E-state index in [1.807, 2.05) is 0 Å².